The molecule has 0 aliphatic carbocycles. The summed E-state index contributed by atoms with van der Waals surface area (Å²) >= 11 is 7.37. The van der Waals surface area contributed by atoms with Crippen molar-refractivity contribution in [3.05, 3.63) is 45.8 Å². The van der Waals surface area contributed by atoms with Crippen LogP contribution >= 0.6 is 23.1 Å². The van der Waals surface area contributed by atoms with Crippen molar-refractivity contribution in [1.82, 2.24) is 4.37 Å². The summed E-state index contributed by atoms with van der Waals surface area (Å²) in [6.07, 6.45) is 0.258. The molecule has 0 fully saturated rings. The number of carbonyl (C=O) groups is 1. The number of amides is 1. The van der Waals surface area contributed by atoms with Crippen LogP contribution in [0.1, 0.15) is 22.8 Å². The molecule has 1 amide bonds. The Bertz CT molecular complexity index is 1150. The molecule has 3 aromatic rings. The van der Waals surface area contributed by atoms with Gasteiger partial charge in [-0.2, -0.15) is 4.37 Å². The van der Waals surface area contributed by atoms with Crippen LogP contribution in [0.3, 0.4) is 0 Å². The minimum atomic E-state index is -0.259. The first kappa shape index (κ1) is 19.0. The largest absolute Gasteiger partial charge is 0.493 e. The normalized spacial score (nSPS) is 16.8. The molecule has 0 radical (unpaired) electrons. The molecule has 1 unspecified atom stereocenters. The van der Waals surface area contributed by atoms with E-state index in [9.17, 15) is 4.79 Å². The van der Waals surface area contributed by atoms with E-state index in [0.29, 0.717) is 33.7 Å². The lowest BCUT2D eigenvalue weighted by Gasteiger charge is -2.25. The summed E-state index contributed by atoms with van der Waals surface area (Å²) in [6, 6.07) is 9.23. The molecule has 7 nitrogen and oxygen atoms in total. The number of hydrogen-bond acceptors (Lipinski definition) is 7. The number of nitrogens with zero attached hydrogens (tertiary/aromatic N) is 1. The molecule has 0 saturated heterocycles. The molecule has 2 aromatic carbocycles. The molecule has 2 aliphatic rings. The minimum Gasteiger partial charge on any atom is -0.493 e. The van der Waals surface area contributed by atoms with Gasteiger partial charge < -0.3 is 24.3 Å². The third-order valence-electron chi connectivity index (χ3n) is 5.20. The first-order chi connectivity index (χ1) is 14.6. The summed E-state index contributed by atoms with van der Waals surface area (Å²) in [5, 5.41) is 3.63. The van der Waals surface area contributed by atoms with Crippen LogP contribution in [-0.4, -0.2) is 31.3 Å². The lowest BCUT2D eigenvalue weighted by molar-refractivity contribution is -0.116. The summed E-state index contributed by atoms with van der Waals surface area (Å²) in [5.74, 6) is 1.71. The van der Waals surface area contributed by atoms with E-state index in [1.165, 1.54) is 11.5 Å². The zero-order valence-electron chi connectivity index (χ0n) is 16.2. The number of methoxy groups -OCH3 is 2. The molecule has 0 saturated carbocycles. The van der Waals surface area contributed by atoms with Crippen LogP contribution in [-0.2, 0) is 4.79 Å². The van der Waals surface area contributed by atoms with Crippen LogP contribution in [0, 0.1) is 0 Å². The highest BCUT2D eigenvalue weighted by Crippen LogP contribution is 2.55. The second-order valence-corrected chi connectivity index (χ2v) is 8.09. The van der Waals surface area contributed by atoms with Gasteiger partial charge in [-0.25, -0.2) is 0 Å². The molecule has 0 bridgehead atoms. The number of hydrogen-bond donors (Lipinski definition) is 1. The molecule has 2 aliphatic heterocycles. The highest BCUT2D eigenvalue weighted by atomic mass is 35.5. The van der Waals surface area contributed by atoms with Crippen molar-refractivity contribution in [2.45, 2.75) is 12.3 Å². The molecule has 3 heterocycles. The van der Waals surface area contributed by atoms with Crippen molar-refractivity contribution in [3.8, 4) is 34.3 Å². The number of rotatable bonds is 4. The van der Waals surface area contributed by atoms with Crippen molar-refractivity contribution < 1.29 is 23.7 Å². The predicted octanol–water partition coefficient (Wildman–Crippen LogP) is 4.68. The van der Waals surface area contributed by atoms with Gasteiger partial charge in [0.2, 0.25) is 24.2 Å². The van der Waals surface area contributed by atoms with E-state index in [1.54, 1.807) is 26.4 Å². The van der Waals surface area contributed by atoms with Gasteiger partial charge in [-0.15, -0.1) is 0 Å². The summed E-state index contributed by atoms with van der Waals surface area (Å²) in [6.45, 7) is 0.0865. The van der Waals surface area contributed by atoms with Gasteiger partial charge >= 0.3 is 0 Å². The molecule has 0 spiro atoms. The first-order valence-electron chi connectivity index (χ1n) is 9.20. The standard InChI is InChI=1S/C21H17ClN2O5S/c1-26-14-7-12(18(27-2)20-19(14)28-9-29-20)13-8-15(25)23-17-16(24-30-21(13)17)10-3-5-11(22)6-4-10/h3-7,13H,8-9H2,1-2H3,(H,23,25). The maximum Gasteiger partial charge on any atom is 0.231 e. The van der Waals surface area contributed by atoms with Crippen molar-refractivity contribution >= 4 is 34.7 Å². The lowest BCUT2D eigenvalue weighted by atomic mass is 9.88. The fraction of sp³-hybridized carbons (Fsp3) is 0.238. The predicted molar refractivity (Wildman–Crippen MR) is 113 cm³/mol. The number of anilines is 1. The highest BCUT2D eigenvalue weighted by molar-refractivity contribution is 7.07. The quantitative estimate of drug-likeness (QED) is 0.629. The van der Waals surface area contributed by atoms with Gasteiger partial charge in [-0.3, -0.25) is 4.79 Å². The molecule has 1 N–H and O–H groups in total. The Hall–Kier alpha value is -2.97. The van der Waals surface area contributed by atoms with Gasteiger partial charge in [0.15, 0.2) is 11.5 Å². The van der Waals surface area contributed by atoms with E-state index >= 15 is 0 Å². The summed E-state index contributed by atoms with van der Waals surface area (Å²) in [4.78, 5) is 13.6. The van der Waals surface area contributed by atoms with E-state index in [2.05, 4.69) is 9.69 Å². The molecule has 1 aromatic heterocycles. The Balaban J connectivity index is 1.66. The highest BCUT2D eigenvalue weighted by Gasteiger charge is 2.37. The maximum atomic E-state index is 12.6. The molecule has 5 rings (SSSR count). The molecular formula is C21H17ClN2O5S. The Morgan fingerprint density at radius 1 is 1.17 bits per heavy atom. The third kappa shape index (κ3) is 2.95. The van der Waals surface area contributed by atoms with E-state index < -0.39 is 0 Å². The zero-order valence-corrected chi connectivity index (χ0v) is 17.7. The van der Waals surface area contributed by atoms with Gasteiger partial charge in [-0.05, 0) is 29.7 Å². The van der Waals surface area contributed by atoms with Crippen molar-refractivity contribution in [2.75, 3.05) is 26.3 Å². The SMILES string of the molecule is COc1cc(C2CC(=O)Nc3c(-c4ccc(Cl)cc4)nsc32)c(OC)c2c1OCO2. The minimum absolute atomic E-state index is 0.0865. The number of carbonyl (C=O) groups excluding carboxylic acids is 1. The van der Waals surface area contributed by atoms with Crippen LogP contribution < -0.4 is 24.3 Å². The van der Waals surface area contributed by atoms with Crippen LogP contribution in [0.15, 0.2) is 30.3 Å². The molecule has 154 valence electrons. The first-order valence-corrected chi connectivity index (χ1v) is 10.4. The van der Waals surface area contributed by atoms with E-state index in [4.69, 9.17) is 30.5 Å². The number of halogens is 1. The number of aromatic nitrogens is 1. The topological polar surface area (TPSA) is 78.9 Å². The Kier molecular flexibility index (Phi) is 4.67. The third-order valence-corrected chi connectivity index (χ3v) is 6.41. The van der Waals surface area contributed by atoms with E-state index in [-0.39, 0.29) is 25.0 Å². The fourth-order valence-corrected chi connectivity index (χ4v) is 4.93. The number of benzene rings is 2. The maximum absolute atomic E-state index is 12.6. The van der Waals surface area contributed by atoms with Crippen molar-refractivity contribution in [3.63, 3.8) is 0 Å². The monoisotopic (exact) mass is 444 g/mol. The van der Waals surface area contributed by atoms with E-state index in [0.717, 1.165) is 21.7 Å². The van der Waals surface area contributed by atoms with Crippen LogP contribution in [0.5, 0.6) is 23.0 Å². The summed E-state index contributed by atoms with van der Waals surface area (Å²) in [7, 11) is 3.14. The summed E-state index contributed by atoms with van der Waals surface area (Å²) in [5.41, 5.74) is 3.10. The molecular weight excluding hydrogens is 428 g/mol. The Morgan fingerprint density at radius 2 is 1.93 bits per heavy atom. The van der Waals surface area contributed by atoms with Crippen molar-refractivity contribution in [2.24, 2.45) is 0 Å². The van der Waals surface area contributed by atoms with E-state index in [1.807, 2.05) is 18.2 Å². The Labute approximate surface area is 181 Å². The summed E-state index contributed by atoms with van der Waals surface area (Å²) < 4.78 is 27.0. The number of nitrogens with one attached hydrogen (secondary N) is 1. The van der Waals surface area contributed by atoms with Gasteiger partial charge in [0, 0.05) is 28.5 Å². The molecule has 9 heteroatoms. The zero-order chi connectivity index (χ0) is 20.8. The molecule has 30 heavy (non-hydrogen) atoms. The smallest absolute Gasteiger partial charge is 0.231 e. The van der Waals surface area contributed by atoms with Crippen LogP contribution in [0.2, 0.25) is 5.02 Å². The fourth-order valence-electron chi connectivity index (χ4n) is 3.84. The lowest BCUT2D eigenvalue weighted by Crippen LogP contribution is -2.23. The van der Waals surface area contributed by atoms with Gasteiger partial charge in [0.1, 0.15) is 5.69 Å². The number of fused-ring (bicyclic) bond motifs is 2. The average molecular weight is 445 g/mol. The average Bonchev–Trinajstić information content (AvgIpc) is 3.40. The van der Waals surface area contributed by atoms with Gasteiger partial charge in [0.25, 0.3) is 0 Å². The van der Waals surface area contributed by atoms with Crippen LogP contribution in [0.4, 0.5) is 5.69 Å². The van der Waals surface area contributed by atoms with Gasteiger partial charge in [-0.1, -0.05) is 23.7 Å². The molecule has 1 atom stereocenters. The second-order valence-electron chi connectivity index (χ2n) is 6.85. The second kappa shape index (κ2) is 7.37. The van der Waals surface area contributed by atoms with Crippen LogP contribution in [0.25, 0.3) is 11.3 Å². The van der Waals surface area contributed by atoms with Crippen molar-refractivity contribution in [1.29, 1.82) is 0 Å². The number of ether oxygens (including phenoxy) is 4. The Morgan fingerprint density at radius 3 is 2.67 bits per heavy atom. The van der Waals surface area contributed by atoms with Gasteiger partial charge in [0.05, 0.1) is 24.8 Å².